The maximum Gasteiger partial charge on any atom is 0.255 e. The van der Waals surface area contributed by atoms with Gasteiger partial charge in [-0.05, 0) is 30.5 Å². The van der Waals surface area contributed by atoms with E-state index in [0.717, 1.165) is 29.3 Å². The third kappa shape index (κ3) is 2.82. The molecule has 114 valence electrons. The fourth-order valence-corrected chi connectivity index (χ4v) is 2.97. The molecule has 0 radical (unpaired) electrons. The topological polar surface area (TPSA) is 33.2 Å². The van der Waals surface area contributed by atoms with Crippen molar-refractivity contribution < 1.29 is 4.79 Å². The highest BCUT2D eigenvalue weighted by molar-refractivity contribution is 6.06. The van der Waals surface area contributed by atoms with Gasteiger partial charge >= 0.3 is 0 Å². The van der Waals surface area contributed by atoms with Gasteiger partial charge in [-0.25, -0.2) is 0 Å². The lowest BCUT2D eigenvalue weighted by molar-refractivity contribution is 0.0732. The normalized spacial score (nSPS) is 13.9. The zero-order chi connectivity index (χ0) is 15.6. The van der Waals surface area contributed by atoms with E-state index in [2.05, 4.69) is 17.1 Å². The monoisotopic (exact) mass is 302 g/mol. The van der Waals surface area contributed by atoms with Crippen LogP contribution in [0.1, 0.15) is 28.8 Å². The minimum Gasteiger partial charge on any atom is -0.331 e. The number of amides is 1. The van der Waals surface area contributed by atoms with E-state index in [1.165, 1.54) is 5.56 Å². The maximum atomic E-state index is 13.1. The number of nitrogens with zero attached hydrogens (tertiary/aromatic N) is 2. The van der Waals surface area contributed by atoms with Crippen LogP contribution in [0.15, 0.2) is 66.9 Å². The van der Waals surface area contributed by atoms with Gasteiger partial charge in [0, 0.05) is 24.2 Å². The van der Waals surface area contributed by atoms with E-state index in [-0.39, 0.29) is 5.91 Å². The molecule has 1 amide bonds. The predicted molar refractivity (Wildman–Crippen MR) is 91.1 cm³/mol. The van der Waals surface area contributed by atoms with Gasteiger partial charge in [0.05, 0.1) is 11.1 Å². The van der Waals surface area contributed by atoms with Crippen molar-refractivity contribution in [2.24, 2.45) is 0 Å². The van der Waals surface area contributed by atoms with Gasteiger partial charge in [-0.15, -0.1) is 0 Å². The predicted octanol–water partition coefficient (Wildman–Crippen LogP) is 4.04. The van der Waals surface area contributed by atoms with Crippen LogP contribution in [0.4, 0.5) is 0 Å². The number of carbonyl (C=O) groups is 1. The van der Waals surface area contributed by atoms with Gasteiger partial charge in [-0.2, -0.15) is 0 Å². The number of para-hydroxylation sites is 1. The molecule has 0 saturated heterocycles. The number of pyridine rings is 1. The minimum absolute atomic E-state index is 0.106. The van der Waals surface area contributed by atoms with Gasteiger partial charge in [-0.3, -0.25) is 9.78 Å². The van der Waals surface area contributed by atoms with Crippen LogP contribution in [0.25, 0.3) is 10.9 Å². The van der Waals surface area contributed by atoms with Crippen molar-refractivity contribution in [3.8, 4) is 0 Å². The Morgan fingerprint density at radius 2 is 1.74 bits per heavy atom. The van der Waals surface area contributed by atoms with Crippen molar-refractivity contribution in [1.29, 1.82) is 0 Å². The van der Waals surface area contributed by atoms with Crippen molar-refractivity contribution in [1.82, 2.24) is 9.88 Å². The smallest absolute Gasteiger partial charge is 0.255 e. The highest BCUT2D eigenvalue weighted by Crippen LogP contribution is 2.31. The summed E-state index contributed by atoms with van der Waals surface area (Å²) in [6.45, 7) is 0.668. The molecule has 3 aromatic rings. The third-order valence-corrected chi connectivity index (χ3v) is 4.32. The van der Waals surface area contributed by atoms with Gasteiger partial charge in [0.15, 0.2) is 0 Å². The first kappa shape index (κ1) is 13.9. The first-order chi connectivity index (χ1) is 11.3. The first-order valence-electron chi connectivity index (χ1n) is 8.01. The van der Waals surface area contributed by atoms with E-state index >= 15 is 0 Å². The molecule has 0 atom stereocenters. The third-order valence-electron chi connectivity index (χ3n) is 4.32. The lowest BCUT2D eigenvalue weighted by Crippen LogP contribution is -2.32. The Bertz CT molecular complexity index is 835. The molecule has 4 rings (SSSR count). The number of fused-ring (bicyclic) bond motifs is 1. The summed E-state index contributed by atoms with van der Waals surface area (Å²) in [4.78, 5) is 19.5. The molecule has 1 aliphatic rings. The SMILES string of the molecule is O=C(c1ccnc2ccccc12)N(Cc1ccccc1)C1CC1. The van der Waals surface area contributed by atoms with Crippen LogP contribution in [0.3, 0.4) is 0 Å². The summed E-state index contributed by atoms with van der Waals surface area (Å²) < 4.78 is 0. The standard InChI is InChI=1S/C20H18N2O/c23-20(18-12-13-21-19-9-5-4-8-17(18)19)22(16-10-11-16)14-15-6-2-1-3-7-15/h1-9,12-13,16H,10-11,14H2. The second kappa shape index (κ2) is 5.84. The first-order valence-corrected chi connectivity index (χ1v) is 8.01. The molecular formula is C20H18N2O. The largest absolute Gasteiger partial charge is 0.331 e. The molecule has 1 fully saturated rings. The molecule has 0 unspecified atom stereocenters. The zero-order valence-corrected chi connectivity index (χ0v) is 12.9. The van der Waals surface area contributed by atoms with Crippen molar-refractivity contribution >= 4 is 16.8 Å². The second-order valence-electron chi connectivity index (χ2n) is 6.03. The van der Waals surface area contributed by atoms with Crippen molar-refractivity contribution in [3.05, 3.63) is 78.0 Å². The average molecular weight is 302 g/mol. The Labute approximate surface area is 135 Å². The number of rotatable bonds is 4. The molecular weight excluding hydrogens is 284 g/mol. The van der Waals surface area contributed by atoms with Crippen LogP contribution in [-0.4, -0.2) is 21.8 Å². The quantitative estimate of drug-likeness (QED) is 0.728. The van der Waals surface area contributed by atoms with Crippen LogP contribution >= 0.6 is 0 Å². The Morgan fingerprint density at radius 1 is 1.00 bits per heavy atom. The van der Waals surface area contributed by atoms with E-state index in [4.69, 9.17) is 0 Å². The Kier molecular flexibility index (Phi) is 3.54. The molecule has 3 heteroatoms. The number of aromatic nitrogens is 1. The molecule has 3 nitrogen and oxygen atoms in total. The van der Waals surface area contributed by atoms with Crippen LogP contribution < -0.4 is 0 Å². The number of carbonyl (C=O) groups excluding carboxylic acids is 1. The minimum atomic E-state index is 0.106. The fraction of sp³-hybridized carbons (Fsp3) is 0.200. The number of hydrogen-bond acceptors (Lipinski definition) is 2. The molecule has 1 aromatic heterocycles. The maximum absolute atomic E-state index is 13.1. The summed E-state index contributed by atoms with van der Waals surface area (Å²) in [5.41, 5.74) is 2.79. The van der Waals surface area contributed by atoms with E-state index in [1.807, 2.05) is 53.4 Å². The zero-order valence-electron chi connectivity index (χ0n) is 12.9. The van der Waals surface area contributed by atoms with Crippen LogP contribution in [0.2, 0.25) is 0 Å². The fourth-order valence-electron chi connectivity index (χ4n) is 2.97. The van der Waals surface area contributed by atoms with Gasteiger partial charge < -0.3 is 4.90 Å². The Morgan fingerprint density at radius 3 is 2.52 bits per heavy atom. The Balaban J connectivity index is 1.70. The van der Waals surface area contributed by atoms with Gasteiger partial charge in [0.25, 0.3) is 5.91 Å². The van der Waals surface area contributed by atoms with Crippen molar-refractivity contribution in [2.45, 2.75) is 25.4 Å². The van der Waals surface area contributed by atoms with Crippen LogP contribution in [0, 0.1) is 0 Å². The van der Waals surface area contributed by atoms with Gasteiger partial charge in [-0.1, -0.05) is 48.5 Å². The molecule has 0 bridgehead atoms. The van der Waals surface area contributed by atoms with E-state index < -0.39 is 0 Å². The molecule has 1 saturated carbocycles. The van der Waals surface area contributed by atoms with Crippen LogP contribution in [0.5, 0.6) is 0 Å². The Hall–Kier alpha value is -2.68. The molecule has 23 heavy (non-hydrogen) atoms. The summed E-state index contributed by atoms with van der Waals surface area (Å²) >= 11 is 0. The van der Waals surface area contributed by atoms with E-state index in [0.29, 0.717) is 12.6 Å². The van der Waals surface area contributed by atoms with Crippen LogP contribution in [-0.2, 0) is 6.54 Å². The highest BCUT2D eigenvalue weighted by Gasteiger charge is 2.33. The molecule has 0 spiro atoms. The van der Waals surface area contributed by atoms with E-state index in [9.17, 15) is 4.79 Å². The summed E-state index contributed by atoms with van der Waals surface area (Å²) in [7, 11) is 0. The lowest BCUT2D eigenvalue weighted by atomic mass is 10.1. The summed E-state index contributed by atoms with van der Waals surface area (Å²) in [5.74, 6) is 0.106. The van der Waals surface area contributed by atoms with Crippen molar-refractivity contribution in [3.63, 3.8) is 0 Å². The molecule has 2 aromatic carbocycles. The second-order valence-corrected chi connectivity index (χ2v) is 6.03. The van der Waals surface area contributed by atoms with Gasteiger partial charge in [0.1, 0.15) is 0 Å². The molecule has 1 heterocycles. The molecule has 0 N–H and O–H groups in total. The number of benzene rings is 2. The van der Waals surface area contributed by atoms with Crippen molar-refractivity contribution in [2.75, 3.05) is 0 Å². The number of hydrogen-bond donors (Lipinski definition) is 0. The molecule has 1 aliphatic carbocycles. The lowest BCUT2D eigenvalue weighted by Gasteiger charge is -2.23. The molecule has 0 aliphatic heterocycles. The highest BCUT2D eigenvalue weighted by atomic mass is 16.2. The summed E-state index contributed by atoms with van der Waals surface area (Å²) in [6, 6.07) is 20.2. The van der Waals surface area contributed by atoms with Gasteiger partial charge in [0.2, 0.25) is 0 Å². The average Bonchev–Trinajstić information content (AvgIpc) is 3.44. The van der Waals surface area contributed by atoms with E-state index in [1.54, 1.807) is 6.20 Å². The summed E-state index contributed by atoms with van der Waals surface area (Å²) in [6.07, 6.45) is 3.92. The summed E-state index contributed by atoms with van der Waals surface area (Å²) in [5, 5.41) is 0.929.